The first kappa shape index (κ1) is 27.2. The lowest BCUT2D eigenvalue weighted by molar-refractivity contribution is 1.24. The molecule has 0 spiro atoms. The van der Waals surface area contributed by atoms with Crippen molar-refractivity contribution in [1.29, 1.82) is 0 Å². The fraction of sp³-hybridized carbons (Fsp3) is 0.0250. The van der Waals surface area contributed by atoms with E-state index in [0.29, 0.717) is 0 Å². The maximum atomic E-state index is 7.93. The van der Waals surface area contributed by atoms with Crippen LogP contribution in [-0.4, -0.2) is 0 Å². The summed E-state index contributed by atoms with van der Waals surface area (Å²) in [6.45, 7) is 0. The highest BCUT2D eigenvalue weighted by Crippen LogP contribution is 2.65. The normalized spacial score (nSPS) is 12.3. The summed E-state index contributed by atoms with van der Waals surface area (Å²) in [5, 5.41) is 0. The Morgan fingerprint density at radius 1 is 0.512 bits per heavy atom. The van der Waals surface area contributed by atoms with E-state index in [1.165, 1.54) is 26.5 Å². The molecule has 0 aliphatic carbocycles. The van der Waals surface area contributed by atoms with Crippen LogP contribution in [0.15, 0.2) is 184 Å². The van der Waals surface area contributed by atoms with Gasteiger partial charge in [-0.25, -0.2) is 0 Å². The number of fused-ring (bicyclic) bond motifs is 2. The molecular formula is C40H31NS2. The summed E-state index contributed by atoms with van der Waals surface area (Å²) in [6.07, 6.45) is 0. The van der Waals surface area contributed by atoms with Crippen LogP contribution >= 0.6 is 21.2 Å². The van der Waals surface area contributed by atoms with Gasteiger partial charge in [-0.2, -0.15) is 0 Å². The zero-order chi connectivity index (χ0) is 29.1. The molecule has 208 valence electrons. The van der Waals surface area contributed by atoms with Gasteiger partial charge in [0.25, 0.3) is 0 Å². The van der Waals surface area contributed by atoms with Crippen molar-refractivity contribution in [3.8, 4) is 5.69 Å². The summed E-state index contributed by atoms with van der Waals surface area (Å²) in [4.78, 5) is 4.67. The molecule has 0 saturated carbocycles. The van der Waals surface area contributed by atoms with Crippen LogP contribution in [0.4, 0.5) is 17.1 Å². The van der Waals surface area contributed by atoms with Crippen molar-refractivity contribution in [3.05, 3.63) is 191 Å². The average molecular weight is 590 g/mol. The Balaban J connectivity index is 1.57. The highest BCUT2D eigenvalue weighted by Gasteiger charge is 2.33. The zero-order valence-electron chi connectivity index (χ0n) is 23.7. The molecule has 0 atom stereocenters. The molecule has 0 fully saturated rings. The molecule has 6 aromatic rings. The molecule has 0 radical (unpaired) electrons. The van der Waals surface area contributed by atoms with Crippen LogP contribution in [0.25, 0.3) is 5.57 Å². The minimum atomic E-state index is -2.15. The third kappa shape index (κ3) is 5.02. The fourth-order valence-electron chi connectivity index (χ4n) is 5.78. The van der Waals surface area contributed by atoms with E-state index >= 15 is 0 Å². The van der Waals surface area contributed by atoms with Crippen molar-refractivity contribution < 1.29 is 0 Å². The molecule has 1 nitrogen and oxygen atoms in total. The summed E-state index contributed by atoms with van der Waals surface area (Å²) < 4.78 is 1.21. The van der Waals surface area contributed by atoms with Gasteiger partial charge >= 0.3 is 0 Å². The van der Waals surface area contributed by atoms with E-state index in [1.807, 2.05) is 11.8 Å². The van der Waals surface area contributed by atoms with Crippen molar-refractivity contribution in [1.82, 2.24) is 0 Å². The lowest BCUT2D eigenvalue weighted by Gasteiger charge is -2.38. The van der Waals surface area contributed by atoms with Gasteiger partial charge in [0.15, 0.2) is 0 Å². The standard InChI is InChI=1S/C40H31NS2/c1-43(33-22-10-4-11-23-33,34-24-12-5-13-25-34)40(42-30-31-18-6-2-7-19-31)39-35-26-14-16-28-37(35)41(32-20-8-3-9-21-32)38-29-17-15-27-36(38)39/h1-29H,30H2. The number of thioether (sulfide) groups is 1. The second kappa shape index (κ2) is 11.9. The Morgan fingerprint density at radius 2 is 0.930 bits per heavy atom. The van der Waals surface area contributed by atoms with Gasteiger partial charge in [0, 0.05) is 42.2 Å². The maximum Gasteiger partial charge on any atom is 0.0541 e. The van der Waals surface area contributed by atoms with Crippen molar-refractivity contribution in [2.24, 2.45) is 0 Å². The van der Waals surface area contributed by atoms with Crippen LogP contribution in [-0.2, 0) is 5.75 Å². The lowest BCUT2D eigenvalue weighted by atomic mass is 9.91. The van der Waals surface area contributed by atoms with E-state index < -0.39 is 9.44 Å². The number of hydrogen-bond acceptors (Lipinski definition) is 2. The quantitative estimate of drug-likeness (QED) is 0.201. The van der Waals surface area contributed by atoms with Crippen LogP contribution in [0.1, 0.15) is 16.7 Å². The monoisotopic (exact) mass is 589 g/mol. The first-order chi connectivity index (χ1) is 21.2. The van der Waals surface area contributed by atoms with E-state index in [9.17, 15) is 0 Å². The summed E-state index contributed by atoms with van der Waals surface area (Å²) in [5.74, 6) is 0.817. The Bertz CT molecular complexity index is 1910. The molecule has 1 heterocycles. The molecule has 0 amide bonds. The van der Waals surface area contributed by atoms with E-state index in [2.05, 4.69) is 175 Å². The maximum absolute atomic E-state index is 7.93. The number of anilines is 3. The first-order valence-electron chi connectivity index (χ1n) is 14.4. The highest BCUT2D eigenvalue weighted by atomic mass is 32.3. The van der Waals surface area contributed by atoms with E-state index in [4.69, 9.17) is 5.69 Å². The Morgan fingerprint density at radius 3 is 1.44 bits per heavy atom. The molecule has 1 aliphatic rings. The molecule has 0 saturated heterocycles. The van der Waals surface area contributed by atoms with Crippen molar-refractivity contribution in [2.75, 3.05) is 4.90 Å². The molecule has 0 bridgehead atoms. The minimum Gasteiger partial charge on any atom is -0.309 e. The Kier molecular flexibility index (Phi) is 7.53. The first-order valence-corrected chi connectivity index (χ1v) is 17.1. The third-order valence-electron chi connectivity index (χ3n) is 7.78. The number of benzene rings is 6. The lowest BCUT2D eigenvalue weighted by Crippen LogP contribution is -2.18. The van der Waals surface area contributed by atoms with Crippen LogP contribution in [0.5, 0.6) is 0 Å². The number of hydrogen-bond donors (Lipinski definition) is 0. The molecule has 0 aromatic heterocycles. The molecule has 0 unspecified atom stereocenters. The molecule has 43 heavy (non-hydrogen) atoms. The van der Waals surface area contributed by atoms with E-state index in [0.717, 1.165) is 32.6 Å². The van der Waals surface area contributed by atoms with Crippen LogP contribution in [0.3, 0.4) is 0 Å². The van der Waals surface area contributed by atoms with Crippen molar-refractivity contribution >= 4 is 43.8 Å². The van der Waals surface area contributed by atoms with E-state index in [1.54, 1.807) is 0 Å². The van der Waals surface area contributed by atoms with Crippen LogP contribution < -0.4 is 4.90 Å². The SMILES string of the molecule is C#S(C(SCc1ccccc1)=C1c2ccccc2N(c2ccccc2)c2ccccc21)(c1ccccc1)c1ccccc1. The van der Waals surface area contributed by atoms with Gasteiger partial charge in [-0.05, 0) is 54.1 Å². The number of nitrogens with zero attached hydrogens (tertiary/aromatic N) is 1. The van der Waals surface area contributed by atoms with Gasteiger partial charge in [0.1, 0.15) is 0 Å². The second-order valence-electron chi connectivity index (χ2n) is 10.4. The predicted molar refractivity (Wildman–Crippen MR) is 187 cm³/mol. The zero-order valence-corrected chi connectivity index (χ0v) is 25.3. The van der Waals surface area contributed by atoms with Gasteiger partial charge < -0.3 is 4.90 Å². The molecular weight excluding hydrogens is 559 g/mol. The summed E-state index contributed by atoms with van der Waals surface area (Å²) in [5.41, 5.74) is 16.2. The predicted octanol–water partition coefficient (Wildman–Crippen LogP) is 11.6. The second-order valence-corrected chi connectivity index (χ2v) is 14.3. The summed E-state index contributed by atoms with van der Waals surface area (Å²) >= 11 is 1.88. The molecule has 1 aliphatic heterocycles. The van der Waals surface area contributed by atoms with Gasteiger partial charge in [-0.1, -0.05) is 121 Å². The largest absolute Gasteiger partial charge is 0.309 e. The third-order valence-corrected chi connectivity index (χ3v) is 12.7. The topological polar surface area (TPSA) is 3.24 Å². The number of para-hydroxylation sites is 3. The van der Waals surface area contributed by atoms with Crippen LogP contribution in [0, 0.1) is 5.69 Å². The van der Waals surface area contributed by atoms with Crippen molar-refractivity contribution in [3.63, 3.8) is 0 Å². The molecule has 7 rings (SSSR count). The van der Waals surface area contributed by atoms with Gasteiger partial charge in [-0.3, -0.25) is 0 Å². The molecule has 3 heteroatoms. The molecule has 6 aromatic carbocycles. The van der Waals surface area contributed by atoms with Crippen LogP contribution in [0.2, 0.25) is 0 Å². The van der Waals surface area contributed by atoms with Crippen molar-refractivity contribution in [2.45, 2.75) is 15.5 Å². The highest BCUT2D eigenvalue weighted by molar-refractivity contribution is 8.37. The van der Waals surface area contributed by atoms with Gasteiger partial charge in [0.2, 0.25) is 0 Å². The summed E-state index contributed by atoms with van der Waals surface area (Å²) in [6, 6.07) is 60.3. The average Bonchev–Trinajstić information content (AvgIpc) is 3.09. The smallest absolute Gasteiger partial charge is 0.0541 e. The Hall–Kier alpha value is -4.66. The fourth-order valence-corrected chi connectivity index (χ4v) is 10.5. The summed E-state index contributed by atoms with van der Waals surface area (Å²) in [7, 11) is -2.15. The van der Waals surface area contributed by atoms with Gasteiger partial charge in [0.05, 0.1) is 11.4 Å². The van der Waals surface area contributed by atoms with E-state index in [-0.39, 0.29) is 0 Å². The minimum absolute atomic E-state index is 0.817. The Labute approximate surface area is 259 Å². The number of rotatable bonds is 4. The molecule has 0 N–H and O–H groups in total. The van der Waals surface area contributed by atoms with Gasteiger partial charge in [-0.15, -0.1) is 26.9 Å².